The molecular formula is C21H19NO2. The number of para-hydroxylation sites is 1. The van der Waals surface area contributed by atoms with Gasteiger partial charge in [0, 0.05) is 5.69 Å². The molecule has 0 aliphatic heterocycles. The summed E-state index contributed by atoms with van der Waals surface area (Å²) in [5.41, 5.74) is 3.36. The predicted octanol–water partition coefficient (Wildman–Crippen LogP) is 5.02. The highest BCUT2D eigenvalue weighted by atomic mass is 16.3. The van der Waals surface area contributed by atoms with Crippen molar-refractivity contribution in [3.8, 4) is 0 Å². The zero-order valence-corrected chi connectivity index (χ0v) is 13.5. The standard InChI is InChI=1S/C21H19NO2/c1-2-16-9-6-7-13-20(16)22-21(23)19(15-18-12-8-14-24-18)17-10-4-3-5-11-17/h3-15H,2H2,1H3,(H,22,23)/b19-15+. The third-order valence-corrected chi connectivity index (χ3v) is 3.81. The van der Waals surface area contributed by atoms with Crippen LogP contribution < -0.4 is 5.32 Å². The molecule has 2 aromatic carbocycles. The van der Waals surface area contributed by atoms with E-state index in [1.807, 2.05) is 60.7 Å². The molecule has 0 aliphatic rings. The topological polar surface area (TPSA) is 42.2 Å². The van der Waals surface area contributed by atoms with Crippen LogP contribution in [0.2, 0.25) is 0 Å². The van der Waals surface area contributed by atoms with E-state index in [4.69, 9.17) is 4.42 Å². The first-order chi connectivity index (χ1) is 11.8. The van der Waals surface area contributed by atoms with E-state index in [1.54, 1.807) is 18.4 Å². The van der Waals surface area contributed by atoms with E-state index in [1.165, 1.54) is 0 Å². The average molecular weight is 317 g/mol. The normalized spacial score (nSPS) is 11.3. The highest BCUT2D eigenvalue weighted by Gasteiger charge is 2.14. The maximum Gasteiger partial charge on any atom is 0.256 e. The van der Waals surface area contributed by atoms with Gasteiger partial charge in [-0.15, -0.1) is 0 Å². The van der Waals surface area contributed by atoms with Gasteiger partial charge in [0.25, 0.3) is 5.91 Å². The summed E-state index contributed by atoms with van der Waals surface area (Å²) in [5, 5.41) is 3.02. The summed E-state index contributed by atoms with van der Waals surface area (Å²) in [5.74, 6) is 0.492. The third kappa shape index (κ3) is 3.63. The molecule has 0 saturated heterocycles. The highest BCUT2D eigenvalue weighted by molar-refractivity contribution is 6.29. The van der Waals surface area contributed by atoms with Crippen molar-refractivity contribution in [2.24, 2.45) is 0 Å². The van der Waals surface area contributed by atoms with Gasteiger partial charge in [-0.3, -0.25) is 4.79 Å². The van der Waals surface area contributed by atoms with E-state index < -0.39 is 0 Å². The average Bonchev–Trinajstić information content (AvgIpc) is 3.14. The molecule has 3 rings (SSSR count). The van der Waals surface area contributed by atoms with E-state index in [0.717, 1.165) is 23.2 Å². The van der Waals surface area contributed by atoms with Crippen molar-refractivity contribution in [3.63, 3.8) is 0 Å². The molecular weight excluding hydrogens is 298 g/mol. The Labute approximate surface area is 141 Å². The molecule has 1 N–H and O–H groups in total. The lowest BCUT2D eigenvalue weighted by Crippen LogP contribution is -2.14. The summed E-state index contributed by atoms with van der Waals surface area (Å²) >= 11 is 0. The van der Waals surface area contributed by atoms with Crippen LogP contribution in [-0.4, -0.2) is 5.91 Å². The summed E-state index contributed by atoms with van der Waals surface area (Å²) in [6.45, 7) is 2.07. The van der Waals surface area contributed by atoms with Crippen molar-refractivity contribution in [2.75, 3.05) is 5.32 Å². The fraction of sp³-hybridized carbons (Fsp3) is 0.0952. The van der Waals surface area contributed by atoms with Crippen molar-refractivity contribution in [1.82, 2.24) is 0 Å². The van der Waals surface area contributed by atoms with Gasteiger partial charge in [0.1, 0.15) is 5.76 Å². The lowest BCUT2D eigenvalue weighted by molar-refractivity contribution is -0.111. The first-order valence-corrected chi connectivity index (χ1v) is 7.98. The van der Waals surface area contributed by atoms with Crippen LogP contribution in [-0.2, 0) is 11.2 Å². The van der Waals surface area contributed by atoms with Gasteiger partial charge >= 0.3 is 0 Å². The minimum Gasteiger partial charge on any atom is -0.465 e. The van der Waals surface area contributed by atoms with Gasteiger partial charge in [-0.05, 0) is 41.8 Å². The molecule has 0 unspecified atom stereocenters. The molecule has 3 aromatic rings. The number of carbonyl (C=O) groups is 1. The Hall–Kier alpha value is -3.07. The Balaban J connectivity index is 1.95. The first-order valence-electron chi connectivity index (χ1n) is 7.98. The second kappa shape index (κ2) is 7.47. The van der Waals surface area contributed by atoms with E-state index >= 15 is 0 Å². The number of benzene rings is 2. The maximum atomic E-state index is 12.9. The largest absolute Gasteiger partial charge is 0.465 e. The monoisotopic (exact) mass is 317 g/mol. The number of rotatable bonds is 5. The molecule has 1 heterocycles. The highest BCUT2D eigenvalue weighted by Crippen LogP contribution is 2.22. The molecule has 0 saturated carbocycles. The van der Waals surface area contributed by atoms with Crippen LogP contribution in [0.15, 0.2) is 77.4 Å². The van der Waals surface area contributed by atoms with E-state index in [9.17, 15) is 4.79 Å². The van der Waals surface area contributed by atoms with Gasteiger partial charge in [-0.2, -0.15) is 0 Å². The van der Waals surface area contributed by atoms with Crippen molar-refractivity contribution < 1.29 is 9.21 Å². The van der Waals surface area contributed by atoms with Crippen LogP contribution in [0, 0.1) is 0 Å². The van der Waals surface area contributed by atoms with Crippen LogP contribution in [0.3, 0.4) is 0 Å². The predicted molar refractivity (Wildman–Crippen MR) is 97.5 cm³/mol. The van der Waals surface area contributed by atoms with Gasteiger partial charge in [-0.25, -0.2) is 0 Å². The third-order valence-electron chi connectivity index (χ3n) is 3.81. The van der Waals surface area contributed by atoms with Crippen molar-refractivity contribution in [2.45, 2.75) is 13.3 Å². The van der Waals surface area contributed by atoms with Gasteiger partial charge < -0.3 is 9.73 Å². The van der Waals surface area contributed by atoms with Crippen LogP contribution in [0.1, 0.15) is 23.8 Å². The van der Waals surface area contributed by atoms with Gasteiger partial charge in [0.05, 0.1) is 11.8 Å². The number of carbonyl (C=O) groups excluding carboxylic acids is 1. The lowest BCUT2D eigenvalue weighted by Gasteiger charge is -2.12. The molecule has 0 spiro atoms. The summed E-state index contributed by atoms with van der Waals surface area (Å²) in [6, 6.07) is 21.1. The SMILES string of the molecule is CCc1ccccc1NC(=O)/C(=C/c1ccco1)c1ccccc1. The Kier molecular flexibility index (Phi) is 4.92. The van der Waals surface area contributed by atoms with Gasteiger partial charge in [-0.1, -0.05) is 55.5 Å². The molecule has 3 heteroatoms. The lowest BCUT2D eigenvalue weighted by atomic mass is 10.0. The fourth-order valence-corrected chi connectivity index (χ4v) is 2.55. The van der Waals surface area contributed by atoms with Crippen LogP contribution in [0.4, 0.5) is 5.69 Å². The van der Waals surface area contributed by atoms with E-state index in [2.05, 4.69) is 12.2 Å². The molecule has 0 radical (unpaired) electrons. The first kappa shape index (κ1) is 15.8. The molecule has 0 bridgehead atoms. The minimum absolute atomic E-state index is 0.154. The molecule has 0 atom stereocenters. The summed E-state index contributed by atoms with van der Waals surface area (Å²) in [7, 11) is 0. The zero-order valence-electron chi connectivity index (χ0n) is 13.5. The van der Waals surface area contributed by atoms with Crippen LogP contribution in [0.5, 0.6) is 0 Å². The summed E-state index contributed by atoms with van der Waals surface area (Å²) < 4.78 is 5.37. The molecule has 1 aromatic heterocycles. The number of anilines is 1. The number of hydrogen-bond donors (Lipinski definition) is 1. The number of furan rings is 1. The van der Waals surface area contributed by atoms with Crippen molar-refractivity contribution in [1.29, 1.82) is 0 Å². The van der Waals surface area contributed by atoms with Crippen LogP contribution in [0.25, 0.3) is 11.6 Å². The Morgan fingerprint density at radius 1 is 1.00 bits per heavy atom. The second-order valence-corrected chi connectivity index (χ2v) is 5.40. The van der Waals surface area contributed by atoms with Gasteiger partial charge in [0.2, 0.25) is 0 Å². The molecule has 0 aliphatic carbocycles. The quantitative estimate of drug-likeness (QED) is 0.671. The smallest absolute Gasteiger partial charge is 0.256 e. The maximum absolute atomic E-state index is 12.9. The molecule has 3 nitrogen and oxygen atoms in total. The zero-order chi connectivity index (χ0) is 16.8. The Morgan fingerprint density at radius 2 is 1.75 bits per heavy atom. The molecule has 1 amide bonds. The van der Waals surface area contributed by atoms with Gasteiger partial charge in [0.15, 0.2) is 0 Å². The molecule has 120 valence electrons. The Bertz CT molecular complexity index is 833. The number of aryl methyl sites for hydroxylation is 1. The Morgan fingerprint density at radius 3 is 2.46 bits per heavy atom. The number of amides is 1. The van der Waals surface area contributed by atoms with Crippen molar-refractivity contribution in [3.05, 3.63) is 89.9 Å². The minimum atomic E-state index is -0.154. The van der Waals surface area contributed by atoms with Crippen LogP contribution >= 0.6 is 0 Å². The number of nitrogens with one attached hydrogen (secondary N) is 1. The summed E-state index contributed by atoms with van der Waals surface area (Å²) in [4.78, 5) is 12.9. The van der Waals surface area contributed by atoms with E-state index in [-0.39, 0.29) is 5.91 Å². The van der Waals surface area contributed by atoms with Crippen molar-refractivity contribution >= 4 is 23.2 Å². The number of hydrogen-bond acceptors (Lipinski definition) is 2. The summed E-state index contributed by atoms with van der Waals surface area (Å²) in [6.07, 6.45) is 4.22. The molecule has 24 heavy (non-hydrogen) atoms. The fourth-order valence-electron chi connectivity index (χ4n) is 2.55. The van der Waals surface area contributed by atoms with E-state index in [0.29, 0.717) is 11.3 Å². The molecule has 0 fully saturated rings. The second-order valence-electron chi connectivity index (χ2n) is 5.40.